The standard InChI is InChI=1S/C25H23NO/c1-3-10-22(11-4-1)26(23-12-5-2-6-13-23)24-18-16-21(17-19-24)9-7-14-25-15-8-20-27-25/h1-6,8,10-13,15-20H,7,9,14H2. The van der Waals surface area contributed by atoms with Crippen molar-refractivity contribution in [2.75, 3.05) is 4.90 Å². The Kier molecular flexibility index (Phi) is 5.35. The average molecular weight is 353 g/mol. The Morgan fingerprint density at radius 3 is 1.70 bits per heavy atom. The van der Waals surface area contributed by atoms with Gasteiger partial charge < -0.3 is 9.32 Å². The van der Waals surface area contributed by atoms with Crippen LogP contribution in [0.3, 0.4) is 0 Å². The first-order chi connectivity index (χ1) is 13.4. The van der Waals surface area contributed by atoms with E-state index in [4.69, 9.17) is 4.42 Å². The maximum Gasteiger partial charge on any atom is 0.103 e. The summed E-state index contributed by atoms with van der Waals surface area (Å²) in [7, 11) is 0. The quantitative estimate of drug-likeness (QED) is 0.358. The zero-order valence-electron chi connectivity index (χ0n) is 15.3. The molecule has 0 saturated heterocycles. The van der Waals surface area contributed by atoms with Crippen LogP contribution in [0.25, 0.3) is 0 Å². The lowest BCUT2D eigenvalue weighted by atomic mass is 10.1. The topological polar surface area (TPSA) is 16.4 Å². The number of para-hydroxylation sites is 2. The number of furan rings is 1. The number of hydrogen-bond donors (Lipinski definition) is 0. The van der Waals surface area contributed by atoms with Gasteiger partial charge in [-0.25, -0.2) is 0 Å². The number of hydrogen-bond acceptors (Lipinski definition) is 2. The van der Waals surface area contributed by atoms with E-state index in [0.29, 0.717) is 0 Å². The molecule has 0 saturated carbocycles. The highest BCUT2D eigenvalue weighted by Crippen LogP contribution is 2.34. The van der Waals surface area contributed by atoms with E-state index in [1.807, 2.05) is 12.1 Å². The van der Waals surface area contributed by atoms with E-state index in [-0.39, 0.29) is 0 Å². The second-order valence-corrected chi connectivity index (χ2v) is 6.61. The fraction of sp³-hybridized carbons (Fsp3) is 0.120. The predicted octanol–water partition coefficient (Wildman–Crippen LogP) is 6.92. The van der Waals surface area contributed by atoms with Gasteiger partial charge in [-0.3, -0.25) is 0 Å². The van der Waals surface area contributed by atoms with Gasteiger partial charge in [0.05, 0.1) is 6.26 Å². The molecule has 0 amide bonds. The summed E-state index contributed by atoms with van der Waals surface area (Å²) in [4.78, 5) is 2.28. The summed E-state index contributed by atoms with van der Waals surface area (Å²) in [6.07, 6.45) is 4.87. The molecule has 0 aliphatic rings. The van der Waals surface area contributed by atoms with Gasteiger partial charge in [0.15, 0.2) is 0 Å². The maximum atomic E-state index is 5.41. The monoisotopic (exact) mass is 353 g/mol. The molecule has 0 aliphatic heterocycles. The van der Waals surface area contributed by atoms with Crippen LogP contribution >= 0.6 is 0 Å². The maximum absolute atomic E-state index is 5.41. The molecular formula is C25H23NO. The molecule has 0 atom stereocenters. The van der Waals surface area contributed by atoms with E-state index >= 15 is 0 Å². The van der Waals surface area contributed by atoms with Crippen LogP contribution in [0.5, 0.6) is 0 Å². The minimum Gasteiger partial charge on any atom is -0.469 e. The van der Waals surface area contributed by atoms with Crippen LogP contribution in [0.4, 0.5) is 17.1 Å². The fourth-order valence-electron chi connectivity index (χ4n) is 3.33. The SMILES string of the molecule is c1ccc(N(c2ccccc2)c2ccc(CCCc3ccco3)cc2)cc1. The molecule has 0 fully saturated rings. The molecule has 1 heterocycles. The average Bonchev–Trinajstić information content (AvgIpc) is 3.25. The second kappa shape index (κ2) is 8.41. The molecule has 3 aromatic carbocycles. The summed E-state index contributed by atoms with van der Waals surface area (Å²) in [5, 5.41) is 0. The van der Waals surface area contributed by atoms with Crippen molar-refractivity contribution in [3.05, 3.63) is 115 Å². The summed E-state index contributed by atoms with van der Waals surface area (Å²) >= 11 is 0. The highest BCUT2D eigenvalue weighted by molar-refractivity contribution is 5.76. The molecule has 134 valence electrons. The van der Waals surface area contributed by atoms with Crippen molar-refractivity contribution < 1.29 is 4.42 Å². The summed E-state index contributed by atoms with van der Waals surface area (Å²) in [6, 6.07) is 33.9. The molecule has 0 N–H and O–H groups in total. The lowest BCUT2D eigenvalue weighted by Crippen LogP contribution is -2.09. The van der Waals surface area contributed by atoms with Gasteiger partial charge in [0.1, 0.15) is 5.76 Å². The summed E-state index contributed by atoms with van der Waals surface area (Å²) < 4.78 is 5.41. The van der Waals surface area contributed by atoms with Crippen LogP contribution < -0.4 is 4.90 Å². The van der Waals surface area contributed by atoms with E-state index in [0.717, 1.165) is 36.4 Å². The number of anilines is 3. The Morgan fingerprint density at radius 1 is 0.556 bits per heavy atom. The van der Waals surface area contributed by atoms with Gasteiger partial charge >= 0.3 is 0 Å². The van der Waals surface area contributed by atoms with Crippen LogP contribution in [0, 0.1) is 0 Å². The lowest BCUT2D eigenvalue weighted by molar-refractivity contribution is 0.502. The van der Waals surface area contributed by atoms with Crippen molar-refractivity contribution in [3.63, 3.8) is 0 Å². The van der Waals surface area contributed by atoms with Gasteiger partial charge in [-0.2, -0.15) is 0 Å². The van der Waals surface area contributed by atoms with Crippen LogP contribution in [-0.2, 0) is 12.8 Å². The summed E-state index contributed by atoms with van der Waals surface area (Å²) in [6.45, 7) is 0. The van der Waals surface area contributed by atoms with Crippen LogP contribution in [0.1, 0.15) is 17.7 Å². The van der Waals surface area contributed by atoms with Crippen molar-refractivity contribution in [3.8, 4) is 0 Å². The number of benzene rings is 3. The number of nitrogens with zero attached hydrogens (tertiary/aromatic N) is 1. The minimum atomic E-state index is 0.981. The van der Waals surface area contributed by atoms with Gasteiger partial charge in [-0.05, 0) is 66.9 Å². The van der Waals surface area contributed by atoms with Gasteiger partial charge in [0.2, 0.25) is 0 Å². The molecular weight excluding hydrogens is 330 g/mol. The normalized spacial score (nSPS) is 10.7. The first-order valence-electron chi connectivity index (χ1n) is 9.42. The highest BCUT2D eigenvalue weighted by atomic mass is 16.3. The Bertz CT molecular complexity index is 889. The van der Waals surface area contributed by atoms with Gasteiger partial charge in [-0.15, -0.1) is 0 Å². The molecule has 0 radical (unpaired) electrons. The van der Waals surface area contributed by atoms with Gasteiger partial charge in [-0.1, -0.05) is 48.5 Å². The van der Waals surface area contributed by atoms with Crippen molar-refractivity contribution in [2.45, 2.75) is 19.3 Å². The largest absolute Gasteiger partial charge is 0.469 e. The van der Waals surface area contributed by atoms with Crippen LogP contribution in [0.2, 0.25) is 0 Å². The second-order valence-electron chi connectivity index (χ2n) is 6.61. The first-order valence-corrected chi connectivity index (χ1v) is 9.42. The van der Waals surface area contributed by atoms with E-state index < -0.39 is 0 Å². The summed E-state index contributed by atoms with van der Waals surface area (Å²) in [5.74, 6) is 1.06. The molecule has 27 heavy (non-hydrogen) atoms. The molecule has 4 rings (SSSR count). The number of aryl methyl sites for hydroxylation is 2. The van der Waals surface area contributed by atoms with Crippen LogP contribution in [0.15, 0.2) is 108 Å². The van der Waals surface area contributed by atoms with Crippen molar-refractivity contribution in [2.24, 2.45) is 0 Å². The van der Waals surface area contributed by atoms with Gasteiger partial charge in [0.25, 0.3) is 0 Å². The molecule has 0 aliphatic carbocycles. The molecule has 4 aromatic rings. The zero-order valence-corrected chi connectivity index (χ0v) is 15.3. The number of rotatable bonds is 7. The van der Waals surface area contributed by atoms with Crippen molar-refractivity contribution in [1.29, 1.82) is 0 Å². The molecule has 0 unspecified atom stereocenters. The fourth-order valence-corrected chi connectivity index (χ4v) is 3.33. The Labute approximate surface area is 160 Å². The third-order valence-corrected chi connectivity index (χ3v) is 4.69. The van der Waals surface area contributed by atoms with E-state index in [2.05, 4.69) is 89.8 Å². The van der Waals surface area contributed by atoms with E-state index in [1.165, 1.54) is 11.3 Å². The highest BCUT2D eigenvalue weighted by Gasteiger charge is 2.11. The van der Waals surface area contributed by atoms with Crippen molar-refractivity contribution in [1.82, 2.24) is 0 Å². The Morgan fingerprint density at radius 2 is 1.15 bits per heavy atom. The molecule has 2 heteroatoms. The molecule has 0 spiro atoms. The van der Waals surface area contributed by atoms with E-state index in [9.17, 15) is 0 Å². The molecule has 1 aromatic heterocycles. The van der Waals surface area contributed by atoms with Crippen LogP contribution in [-0.4, -0.2) is 0 Å². The predicted molar refractivity (Wildman–Crippen MR) is 112 cm³/mol. The van der Waals surface area contributed by atoms with E-state index in [1.54, 1.807) is 6.26 Å². The van der Waals surface area contributed by atoms with Gasteiger partial charge in [0, 0.05) is 23.5 Å². The smallest absolute Gasteiger partial charge is 0.103 e. The minimum absolute atomic E-state index is 0.981. The van der Waals surface area contributed by atoms with Crippen molar-refractivity contribution >= 4 is 17.1 Å². The summed E-state index contributed by atoms with van der Waals surface area (Å²) in [5.41, 5.74) is 4.84. The lowest BCUT2D eigenvalue weighted by Gasteiger charge is -2.25. The molecule has 0 bridgehead atoms. The first kappa shape index (κ1) is 17.2. The zero-order chi connectivity index (χ0) is 18.3. The third-order valence-electron chi connectivity index (χ3n) is 4.69. The Hall–Kier alpha value is -3.26. The molecule has 2 nitrogen and oxygen atoms in total. The Balaban J connectivity index is 1.52. The third kappa shape index (κ3) is 4.29.